The third-order valence-corrected chi connectivity index (χ3v) is 4.36. The van der Waals surface area contributed by atoms with E-state index < -0.39 is 5.97 Å². The Balaban J connectivity index is 2.07. The Morgan fingerprint density at radius 2 is 1.68 bits per heavy atom. The van der Waals surface area contributed by atoms with Gasteiger partial charge in [-0.2, -0.15) is 5.11 Å². The summed E-state index contributed by atoms with van der Waals surface area (Å²) in [4.78, 5) is 11.1. The van der Waals surface area contributed by atoms with Crippen LogP contribution in [0.25, 0.3) is 11.1 Å². The van der Waals surface area contributed by atoms with Crippen molar-refractivity contribution in [2.24, 2.45) is 10.2 Å². The van der Waals surface area contributed by atoms with Crippen LogP contribution in [0.2, 0.25) is 0 Å². The molecule has 0 amide bonds. The van der Waals surface area contributed by atoms with E-state index >= 15 is 0 Å². The molecule has 3 aromatic carbocycles. The fraction of sp³-hybridized carbons (Fsp3) is 0.136. The second kappa shape index (κ2) is 8.35. The first kappa shape index (κ1) is 19.1. The first-order valence-corrected chi connectivity index (χ1v) is 8.60. The topological polar surface area (TPSA) is 80.5 Å². The zero-order valence-electron chi connectivity index (χ0n) is 15.8. The first-order valence-electron chi connectivity index (χ1n) is 8.60. The predicted molar refractivity (Wildman–Crippen MR) is 107 cm³/mol. The number of azo groups is 1. The van der Waals surface area contributed by atoms with E-state index in [4.69, 9.17) is 14.6 Å². The molecule has 0 aliphatic heterocycles. The van der Waals surface area contributed by atoms with Gasteiger partial charge < -0.3 is 14.6 Å². The summed E-state index contributed by atoms with van der Waals surface area (Å²) in [5.41, 5.74) is 4.07. The lowest BCUT2D eigenvalue weighted by atomic mass is 9.99. The van der Waals surface area contributed by atoms with Gasteiger partial charge in [0.05, 0.1) is 25.5 Å². The van der Waals surface area contributed by atoms with Gasteiger partial charge in [0.1, 0.15) is 17.2 Å². The highest BCUT2D eigenvalue weighted by atomic mass is 16.5. The Kier molecular flexibility index (Phi) is 5.69. The summed E-state index contributed by atoms with van der Waals surface area (Å²) in [5, 5.41) is 17.9. The van der Waals surface area contributed by atoms with Gasteiger partial charge in [-0.1, -0.05) is 18.2 Å². The normalized spacial score (nSPS) is 10.8. The highest BCUT2D eigenvalue weighted by Crippen LogP contribution is 2.39. The Hall–Kier alpha value is -3.67. The maximum Gasteiger partial charge on any atom is 0.335 e. The fourth-order valence-electron chi connectivity index (χ4n) is 2.84. The van der Waals surface area contributed by atoms with Crippen LogP contribution in [0, 0.1) is 6.92 Å². The molecule has 1 N–H and O–H groups in total. The molecule has 0 radical (unpaired) electrons. The van der Waals surface area contributed by atoms with Gasteiger partial charge in [-0.15, -0.1) is 5.11 Å². The van der Waals surface area contributed by atoms with Crippen molar-refractivity contribution in [3.63, 3.8) is 0 Å². The van der Waals surface area contributed by atoms with Gasteiger partial charge in [0.2, 0.25) is 0 Å². The van der Waals surface area contributed by atoms with Crippen molar-refractivity contribution in [2.45, 2.75) is 6.92 Å². The SMILES string of the molecule is COc1cccc(N=Nc2c(-c3ccc(C(=O)O)cc3)ccc(OC)c2C)c1. The number of ether oxygens (including phenoxy) is 2. The lowest BCUT2D eigenvalue weighted by molar-refractivity contribution is 0.0697. The van der Waals surface area contributed by atoms with Gasteiger partial charge in [0, 0.05) is 17.2 Å². The summed E-state index contributed by atoms with van der Waals surface area (Å²) < 4.78 is 10.6. The lowest BCUT2D eigenvalue weighted by Gasteiger charge is -2.12. The van der Waals surface area contributed by atoms with E-state index in [2.05, 4.69) is 10.2 Å². The zero-order valence-corrected chi connectivity index (χ0v) is 15.8. The van der Waals surface area contributed by atoms with Gasteiger partial charge in [-0.3, -0.25) is 0 Å². The minimum Gasteiger partial charge on any atom is -0.497 e. The second-order valence-electron chi connectivity index (χ2n) is 6.07. The van der Waals surface area contributed by atoms with Gasteiger partial charge in [-0.25, -0.2) is 4.79 Å². The summed E-state index contributed by atoms with van der Waals surface area (Å²) in [6, 6.07) is 17.7. The molecule has 0 spiro atoms. The quantitative estimate of drug-likeness (QED) is 0.552. The van der Waals surface area contributed by atoms with E-state index in [0.29, 0.717) is 22.9 Å². The van der Waals surface area contributed by atoms with Crippen LogP contribution >= 0.6 is 0 Å². The maximum absolute atomic E-state index is 11.1. The number of nitrogens with zero attached hydrogens (tertiary/aromatic N) is 2. The number of methoxy groups -OCH3 is 2. The molecule has 0 saturated heterocycles. The van der Waals surface area contributed by atoms with E-state index in [0.717, 1.165) is 16.7 Å². The molecule has 0 aliphatic rings. The number of aromatic carboxylic acids is 1. The smallest absolute Gasteiger partial charge is 0.335 e. The Morgan fingerprint density at radius 1 is 0.929 bits per heavy atom. The van der Waals surface area contributed by atoms with Crippen LogP contribution in [-0.2, 0) is 0 Å². The molecule has 0 bridgehead atoms. The number of benzene rings is 3. The molecule has 3 aromatic rings. The van der Waals surface area contributed by atoms with Crippen LogP contribution in [0.4, 0.5) is 11.4 Å². The van der Waals surface area contributed by atoms with Crippen molar-refractivity contribution in [1.29, 1.82) is 0 Å². The summed E-state index contributed by atoms with van der Waals surface area (Å²) in [7, 11) is 3.20. The molecule has 0 unspecified atom stereocenters. The molecule has 0 fully saturated rings. The molecular weight excluding hydrogens is 356 g/mol. The molecule has 0 atom stereocenters. The third-order valence-electron chi connectivity index (χ3n) is 4.36. The second-order valence-corrected chi connectivity index (χ2v) is 6.07. The van der Waals surface area contributed by atoms with E-state index in [9.17, 15) is 4.79 Å². The number of rotatable bonds is 6. The average molecular weight is 376 g/mol. The molecule has 0 aliphatic carbocycles. The van der Waals surface area contributed by atoms with Crippen LogP contribution < -0.4 is 9.47 Å². The van der Waals surface area contributed by atoms with Crippen molar-refractivity contribution in [3.8, 4) is 22.6 Å². The summed E-state index contributed by atoms with van der Waals surface area (Å²) >= 11 is 0. The highest BCUT2D eigenvalue weighted by molar-refractivity contribution is 5.89. The van der Waals surface area contributed by atoms with Crippen molar-refractivity contribution in [1.82, 2.24) is 0 Å². The van der Waals surface area contributed by atoms with E-state index in [1.165, 1.54) is 0 Å². The average Bonchev–Trinajstić information content (AvgIpc) is 2.73. The Bertz CT molecular complexity index is 1030. The minimum atomic E-state index is -0.963. The number of hydrogen-bond donors (Lipinski definition) is 1. The zero-order chi connectivity index (χ0) is 20.1. The first-order chi connectivity index (χ1) is 13.5. The van der Waals surface area contributed by atoms with Crippen LogP contribution in [-0.4, -0.2) is 25.3 Å². The van der Waals surface area contributed by atoms with Crippen molar-refractivity contribution in [3.05, 3.63) is 71.8 Å². The summed E-state index contributed by atoms with van der Waals surface area (Å²) in [5.74, 6) is 0.434. The number of carbonyl (C=O) groups is 1. The molecule has 6 nitrogen and oxygen atoms in total. The van der Waals surface area contributed by atoms with Crippen LogP contribution in [0.15, 0.2) is 70.9 Å². The van der Waals surface area contributed by atoms with Crippen LogP contribution in [0.1, 0.15) is 15.9 Å². The van der Waals surface area contributed by atoms with Crippen LogP contribution in [0.5, 0.6) is 11.5 Å². The number of carboxylic acids is 1. The molecule has 3 rings (SSSR count). The number of carboxylic acid groups (broad SMARTS) is 1. The maximum atomic E-state index is 11.1. The molecule has 6 heteroatoms. The largest absolute Gasteiger partial charge is 0.497 e. The number of hydrogen-bond acceptors (Lipinski definition) is 5. The van der Waals surface area contributed by atoms with Crippen molar-refractivity contribution >= 4 is 17.3 Å². The summed E-state index contributed by atoms with van der Waals surface area (Å²) in [6.07, 6.45) is 0. The lowest BCUT2D eigenvalue weighted by Crippen LogP contribution is -1.95. The van der Waals surface area contributed by atoms with Crippen LogP contribution in [0.3, 0.4) is 0 Å². The molecule has 0 aromatic heterocycles. The monoisotopic (exact) mass is 376 g/mol. The van der Waals surface area contributed by atoms with Gasteiger partial charge in [0.15, 0.2) is 0 Å². The molecular formula is C22H20N2O4. The van der Waals surface area contributed by atoms with Gasteiger partial charge >= 0.3 is 5.97 Å². The summed E-state index contributed by atoms with van der Waals surface area (Å²) in [6.45, 7) is 1.91. The molecule has 28 heavy (non-hydrogen) atoms. The van der Waals surface area contributed by atoms with Gasteiger partial charge in [-0.05, 0) is 48.9 Å². The standard InChI is InChI=1S/C22H20N2O4/c1-14-20(28-3)12-11-19(15-7-9-16(10-8-15)22(25)26)21(14)24-23-17-5-4-6-18(13-17)27-2/h4-13H,1-3H3,(H,25,26). The molecule has 142 valence electrons. The van der Waals surface area contributed by atoms with Crippen molar-refractivity contribution < 1.29 is 19.4 Å². The molecule has 0 saturated carbocycles. The molecule has 0 heterocycles. The predicted octanol–water partition coefficient (Wildman–Crippen LogP) is 5.79. The van der Waals surface area contributed by atoms with Gasteiger partial charge in [0.25, 0.3) is 0 Å². The van der Waals surface area contributed by atoms with E-state index in [1.54, 1.807) is 44.6 Å². The van der Waals surface area contributed by atoms with E-state index in [1.807, 2.05) is 37.3 Å². The fourth-order valence-corrected chi connectivity index (χ4v) is 2.84. The van der Waals surface area contributed by atoms with Crippen molar-refractivity contribution in [2.75, 3.05) is 14.2 Å². The van der Waals surface area contributed by atoms with E-state index in [-0.39, 0.29) is 5.56 Å². The third kappa shape index (κ3) is 4.01. The highest BCUT2D eigenvalue weighted by Gasteiger charge is 2.13. The Labute approximate surface area is 163 Å². The Morgan fingerprint density at radius 3 is 2.32 bits per heavy atom. The minimum absolute atomic E-state index is 0.230.